The van der Waals surface area contributed by atoms with Gasteiger partial charge >= 0.3 is 0 Å². The number of thioether (sulfide) groups is 1. The number of nitrogens with one attached hydrogen (secondary N) is 1. The van der Waals surface area contributed by atoms with Gasteiger partial charge in [0.05, 0.1) is 0 Å². The van der Waals surface area contributed by atoms with E-state index >= 15 is 0 Å². The highest BCUT2D eigenvalue weighted by Gasteiger charge is 1.94. The lowest BCUT2D eigenvalue weighted by Gasteiger charge is -2.02. The van der Waals surface area contributed by atoms with Crippen LogP contribution in [0.15, 0.2) is 31.1 Å². The topological polar surface area (TPSA) is 17.0 Å². The fourth-order valence-corrected chi connectivity index (χ4v) is 1.96. The zero-order chi connectivity index (χ0) is 10.9. The number of hydrogen-bond donors (Lipinski definition) is 1. The number of nitrogens with zero attached hydrogens (tertiary/aromatic N) is 1. The lowest BCUT2D eigenvalue weighted by molar-refractivity contribution is 0.721. The number of hydrogen-bond acceptors (Lipinski definition) is 2. The molecular weight excluding hydrogens is 204 g/mol. The van der Waals surface area contributed by atoms with Crippen molar-refractivity contribution >= 4 is 11.8 Å². The van der Waals surface area contributed by atoms with Gasteiger partial charge in [0, 0.05) is 43.5 Å². The second-order valence-corrected chi connectivity index (χ2v) is 4.54. The summed E-state index contributed by atoms with van der Waals surface area (Å²) in [6.45, 7) is 8.94. The average Bonchev–Trinajstić information content (AvgIpc) is 2.71. The largest absolute Gasteiger partial charge is 0.354 e. The Labute approximate surface area is 96.8 Å². The Morgan fingerprint density at radius 2 is 2.47 bits per heavy atom. The zero-order valence-corrected chi connectivity index (χ0v) is 10.2. The minimum Gasteiger partial charge on any atom is -0.354 e. The van der Waals surface area contributed by atoms with Gasteiger partial charge in [-0.3, -0.25) is 0 Å². The Balaban J connectivity index is 2.06. The number of aryl methyl sites for hydroxylation is 1. The predicted molar refractivity (Wildman–Crippen MR) is 69.3 cm³/mol. The average molecular weight is 224 g/mol. The second-order valence-electron chi connectivity index (χ2n) is 3.39. The summed E-state index contributed by atoms with van der Waals surface area (Å²) in [6, 6.07) is 2.17. The fraction of sp³-hybridized carbons (Fsp3) is 0.500. The summed E-state index contributed by atoms with van der Waals surface area (Å²) in [6.07, 6.45) is 6.28. The van der Waals surface area contributed by atoms with Crippen LogP contribution in [0, 0.1) is 0 Å². The smallest absolute Gasteiger partial charge is 0.0220 e. The Bertz CT molecular complexity index is 281. The van der Waals surface area contributed by atoms with Gasteiger partial charge in [-0.1, -0.05) is 6.08 Å². The minimum absolute atomic E-state index is 0.974. The molecule has 0 amide bonds. The summed E-state index contributed by atoms with van der Waals surface area (Å²) < 4.78 is 2.20. The van der Waals surface area contributed by atoms with Crippen LogP contribution >= 0.6 is 11.8 Å². The van der Waals surface area contributed by atoms with Gasteiger partial charge in [-0.25, -0.2) is 0 Å². The lowest BCUT2D eigenvalue weighted by Crippen LogP contribution is -2.16. The molecule has 0 atom stereocenters. The normalized spacial score (nSPS) is 10.5. The van der Waals surface area contributed by atoms with Crippen LogP contribution in [0.1, 0.15) is 12.5 Å². The van der Waals surface area contributed by atoms with Crippen molar-refractivity contribution in [1.82, 2.24) is 9.88 Å². The van der Waals surface area contributed by atoms with Crippen LogP contribution < -0.4 is 5.32 Å². The highest BCUT2D eigenvalue weighted by molar-refractivity contribution is 7.99. The van der Waals surface area contributed by atoms with Crippen LogP contribution in [0.3, 0.4) is 0 Å². The number of aromatic nitrogens is 1. The number of rotatable bonds is 8. The molecule has 15 heavy (non-hydrogen) atoms. The molecular formula is C12H20N2S. The van der Waals surface area contributed by atoms with E-state index in [9.17, 15) is 0 Å². The molecule has 0 aliphatic heterocycles. The van der Waals surface area contributed by atoms with E-state index in [1.165, 1.54) is 5.56 Å². The molecule has 84 valence electrons. The van der Waals surface area contributed by atoms with Gasteiger partial charge < -0.3 is 9.88 Å². The molecule has 1 rings (SSSR count). The van der Waals surface area contributed by atoms with Crippen LogP contribution in [0.25, 0.3) is 0 Å². The molecule has 0 aliphatic carbocycles. The first-order valence-corrected chi connectivity index (χ1v) is 6.56. The van der Waals surface area contributed by atoms with Crippen molar-refractivity contribution < 1.29 is 0 Å². The third-order valence-corrected chi connectivity index (χ3v) is 3.13. The van der Waals surface area contributed by atoms with Gasteiger partial charge in [0.15, 0.2) is 0 Å². The highest BCUT2D eigenvalue weighted by atomic mass is 32.2. The van der Waals surface area contributed by atoms with E-state index in [2.05, 4.69) is 41.8 Å². The van der Waals surface area contributed by atoms with Crippen LogP contribution in [-0.2, 0) is 13.1 Å². The molecule has 0 spiro atoms. The first-order valence-electron chi connectivity index (χ1n) is 5.40. The highest BCUT2D eigenvalue weighted by Crippen LogP contribution is 2.01. The van der Waals surface area contributed by atoms with Gasteiger partial charge in [-0.2, -0.15) is 11.8 Å². The summed E-state index contributed by atoms with van der Waals surface area (Å²) in [5.74, 6) is 2.20. The molecule has 0 aliphatic rings. The summed E-state index contributed by atoms with van der Waals surface area (Å²) >= 11 is 1.91. The van der Waals surface area contributed by atoms with Crippen LogP contribution in [0.2, 0.25) is 0 Å². The van der Waals surface area contributed by atoms with E-state index in [1.54, 1.807) is 0 Å². The molecule has 0 saturated heterocycles. The monoisotopic (exact) mass is 224 g/mol. The second kappa shape index (κ2) is 7.60. The van der Waals surface area contributed by atoms with Gasteiger partial charge in [0.1, 0.15) is 0 Å². The molecule has 1 N–H and O–H groups in total. The van der Waals surface area contributed by atoms with Crippen molar-refractivity contribution in [3.05, 3.63) is 36.7 Å². The van der Waals surface area contributed by atoms with E-state index in [0.29, 0.717) is 0 Å². The Morgan fingerprint density at radius 3 is 3.13 bits per heavy atom. The maximum Gasteiger partial charge on any atom is 0.0220 e. The van der Waals surface area contributed by atoms with Gasteiger partial charge in [0.25, 0.3) is 0 Å². The predicted octanol–water partition coefficient (Wildman–Crippen LogP) is 2.52. The third kappa shape index (κ3) is 5.09. The van der Waals surface area contributed by atoms with E-state index in [0.717, 1.165) is 31.1 Å². The van der Waals surface area contributed by atoms with Crippen molar-refractivity contribution in [1.29, 1.82) is 0 Å². The van der Waals surface area contributed by atoms with E-state index in [4.69, 9.17) is 0 Å². The molecule has 1 aromatic rings. The molecule has 0 fully saturated rings. The first-order chi connectivity index (χ1) is 7.36. The summed E-state index contributed by atoms with van der Waals surface area (Å²) in [5, 5.41) is 3.43. The maximum atomic E-state index is 3.69. The van der Waals surface area contributed by atoms with Crippen LogP contribution in [0.4, 0.5) is 0 Å². The minimum atomic E-state index is 0.974. The van der Waals surface area contributed by atoms with Crippen molar-refractivity contribution in [3.8, 4) is 0 Å². The van der Waals surface area contributed by atoms with Crippen molar-refractivity contribution in [3.63, 3.8) is 0 Å². The lowest BCUT2D eigenvalue weighted by atomic mass is 10.3. The van der Waals surface area contributed by atoms with Crippen molar-refractivity contribution in [2.75, 3.05) is 18.1 Å². The quantitative estimate of drug-likeness (QED) is 0.540. The fourth-order valence-electron chi connectivity index (χ4n) is 1.34. The van der Waals surface area contributed by atoms with Crippen molar-refractivity contribution in [2.45, 2.75) is 20.0 Å². The zero-order valence-electron chi connectivity index (χ0n) is 9.41. The van der Waals surface area contributed by atoms with Crippen molar-refractivity contribution in [2.24, 2.45) is 0 Å². The summed E-state index contributed by atoms with van der Waals surface area (Å²) in [5.41, 5.74) is 1.37. The van der Waals surface area contributed by atoms with Gasteiger partial charge in [-0.15, -0.1) is 6.58 Å². The first kappa shape index (κ1) is 12.4. The summed E-state index contributed by atoms with van der Waals surface area (Å²) in [7, 11) is 0. The Kier molecular flexibility index (Phi) is 6.28. The summed E-state index contributed by atoms with van der Waals surface area (Å²) in [4.78, 5) is 0. The molecule has 2 nitrogen and oxygen atoms in total. The SMILES string of the molecule is C=CCSCCNCc1ccn(CC)c1. The van der Waals surface area contributed by atoms with E-state index in [1.807, 2.05) is 17.8 Å². The third-order valence-electron chi connectivity index (χ3n) is 2.16. The van der Waals surface area contributed by atoms with Gasteiger partial charge in [0.2, 0.25) is 0 Å². The molecule has 0 aromatic carbocycles. The van der Waals surface area contributed by atoms with Crippen LogP contribution in [-0.4, -0.2) is 22.6 Å². The Hall–Kier alpha value is -0.670. The molecule has 1 aromatic heterocycles. The molecule has 0 saturated carbocycles. The van der Waals surface area contributed by atoms with Gasteiger partial charge in [-0.05, 0) is 18.6 Å². The maximum absolute atomic E-state index is 3.69. The molecule has 3 heteroatoms. The van der Waals surface area contributed by atoms with Crippen LogP contribution in [0.5, 0.6) is 0 Å². The molecule has 0 unspecified atom stereocenters. The Morgan fingerprint density at radius 1 is 1.60 bits per heavy atom. The standard InChI is InChI=1S/C12H20N2S/c1-3-8-15-9-6-13-10-12-5-7-14(4-2)11-12/h3,5,7,11,13H,1,4,6,8-10H2,2H3. The van der Waals surface area contributed by atoms with E-state index < -0.39 is 0 Å². The van der Waals surface area contributed by atoms with E-state index in [-0.39, 0.29) is 0 Å². The molecule has 0 radical (unpaired) electrons. The molecule has 0 bridgehead atoms. The molecule has 1 heterocycles.